The molecule has 28 heavy (non-hydrogen) atoms. The van der Waals surface area contributed by atoms with Gasteiger partial charge in [0.15, 0.2) is 0 Å². The van der Waals surface area contributed by atoms with E-state index in [0.29, 0.717) is 15.5 Å². The number of thiophene rings is 1. The second-order valence-electron chi connectivity index (χ2n) is 6.33. The van der Waals surface area contributed by atoms with Gasteiger partial charge < -0.3 is 10.4 Å². The Morgan fingerprint density at radius 2 is 2.00 bits per heavy atom. The fourth-order valence-corrected chi connectivity index (χ4v) is 4.81. The Hall–Kier alpha value is -2.77. The first-order valence-corrected chi connectivity index (χ1v) is 9.45. The third-order valence-electron chi connectivity index (χ3n) is 4.55. The molecule has 8 heteroatoms. The molecule has 4 rings (SSSR count). The van der Waals surface area contributed by atoms with Crippen LogP contribution in [0.3, 0.4) is 0 Å². The molecule has 142 valence electrons. The van der Waals surface area contributed by atoms with Crippen molar-refractivity contribution in [2.24, 2.45) is 0 Å². The number of nitrogens with one attached hydrogen (secondary N) is 1. The average molecular weight is 420 g/mol. The fraction of sp³-hybridized carbons (Fsp3) is 0.100. The minimum absolute atomic E-state index is 0.0492. The zero-order valence-corrected chi connectivity index (χ0v) is 15.7. The molecule has 0 unspecified atom stereocenters. The SMILES string of the molecule is O=C1C[C@@H](c2cc(Cl)ccc2F)c2sc(C(=O)O)c(-c3cccc(F)c3)c2N1. The molecule has 0 fully saturated rings. The number of rotatable bonds is 3. The monoisotopic (exact) mass is 419 g/mol. The maximum Gasteiger partial charge on any atom is 0.346 e. The molecular formula is C20H12ClF2NO3S. The van der Waals surface area contributed by atoms with Crippen LogP contribution in [-0.2, 0) is 4.79 Å². The van der Waals surface area contributed by atoms with E-state index in [0.717, 1.165) is 11.3 Å². The summed E-state index contributed by atoms with van der Waals surface area (Å²) in [6.07, 6.45) is -0.0492. The van der Waals surface area contributed by atoms with E-state index >= 15 is 0 Å². The molecule has 2 N–H and O–H groups in total. The number of amides is 1. The van der Waals surface area contributed by atoms with Gasteiger partial charge in [0, 0.05) is 27.8 Å². The lowest BCUT2D eigenvalue weighted by atomic mass is 9.88. The number of carbonyl (C=O) groups is 2. The molecule has 1 amide bonds. The molecule has 0 radical (unpaired) electrons. The number of anilines is 1. The van der Waals surface area contributed by atoms with E-state index in [2.05, 4.69) is 5.32 Å². The number of carbonyl (C=O) groups excluding carboxylic acids is 1. The number of carboxylic acids is 1. The minimum atomic E-state index is -1.21. The summed E-state index contributed by atoms with van der Waals surface area (Å²) >= 11 is 6.94. The summed E-state index contributed by atoms with van der Waals surface area (Å²) in [5.41, 5.74) is 1.02. The standard InChI is InChI=1S/C20H12ClF2NO3S/c21-10-4-5-14(23)12(7-10)13-8-15(25)24-17-16(9-2-1-3-11(22)6-9)19(20(26)27)28-18(13)17/h1-7,13H,8H2,(H,24,25)(H,26,27)/t13-/m0/s1. The van der Waals surface area contributed by atoms with Crippen molar-refractivity contribution < 1.29 is 23.5 Å². The molecule has 0 spiro atoms. The minimum Gasteiger partial charge on any atom is -0.477 e. The molecule has 3 aromatic rings. The van der Waals surface area contributed by atoms with Gasteiger partial charge in [0.2, 0.25) is 5.91 Å². The van der Waals surface area contributed by atoms with Crippen molar-refractivity contribution >= 4 is 40.5 Å². The summed E-state index contributed by atoms with van der Waals surface area (Å²) in [6.45, 7) is 0. The largest absolute Gasteiger partial charge is 0.477 e. The Morgan fingerprint density at radius 1 is 1.21 bits per heavy atom. The third-order valence-corrected chi connectivity index (χ3v) is 6.07. The van der Waals surface area contributed by atoms with Crippen molar-refractivity contribution in [3.63, 3.8) is 0 Å². The normalized spacial score (nSPS) is 15.8. The van der Waals surface area contributed by atoms with E-state index in [9.17, 15) is 23.5 Å². The Kier molecular flexibility index (Phi) is 4.64. The van der Waals surface area contributed by atoms with Crippen molar-refractivity contribution in [3.05, 3.63) is 74.4 Å². The van der Waals surface area contributed by atoms with Crippen LogP contribution in [0.2, 0.25) is 5.02 Å². The van der Waals surface area contributed by atoms with Gasteiger partial charge in [0.1, 0.15) is 16.5 Å². The van der Waals surface area contributed by atoms with Gasteiger partial charge in [0.25, 0.3) is 0 Å². The van der Waals surface area contributed by atoms with Crippen LogP contribution in [0.15, 0.2) is 42.5 Å². The highest BCUT2D eigenvalue weighted by atomic mass is 35.5. The number of hydrogen-bond donors (Lipinski definition) is 2. The van der Waals surface area contributed by atoms with Crippen molar-refractivity contribution in [2.45, 2.75) is 12.3 Å². The summed E-state index contributed by atoms with van der Waals surface area (Å²) in [6, 6.07) is 9.51. The van der Waals surface area contributed by atoms with Crippen molar-refractivity contribution in [2.75, 3.05) is 5.32 Å². The van der Waals surface area contributed by atoms with Crippen molar-refractivity contribution in [1.82, 2.24) is 0 Å². The highest BCUT2D eigenvalue weighted by Gasteiger charge is 2.35. The molecule has 2 heterocycles. The Labute approximate surface area is 167 Å². The first-order valence-electron chi connectivity index (χ1n) is 8.26. The lowest BCUT2D eigenvalue weighted by Crippen LogP contribution is -2.23. The molecule has 1 aliphatic heterocycles. The van der Waals surface area contributed by atoms with Crippen LogP contribution in [0, 0.1) is 11.6 Å². The van der Waals surface area contributed by atoms with Crippen LogP contribution in [0.4, 0.5) is 14.5 Å². The van der Waals surface area contributed by atoms with E-state index in [1.807, 2.05) is 0 Å². The maximum atomic E-state index is 14.5. The number of fused-ring (bicyclic) bond motifs is 1. The topological polar surface area (TPSA) is 66.4 Å². The van der Waals surface area contributed by atoms with Gasteiger partial charge in [0.05, 0.1) is 5.69 Å². The lowest BCUT2D eigenvalue weighted by Gasteiger charge is -2.24. The Balaban J connectivity index is 1.98. The van der Waals surface area contributed by atoms with Crippen LogP contribution in [-0.4, -0.2) is 17.0 Å². The highest BCUT2D eigenvalue weighted by molar-refractivity contribution is 7.15. The van der Waals surface area contributed by atoms with Crippen LogP contribution in [0.5, 0.6) is 0 Å². The molecule has 0 aliphatic carbocycles. The lowest BCUT2D eigenvalue weighted by molar-refractivity contribution is -0.116. The summed E-state index contributed by atoms with van der Waals surface area (Å²) in [5, 5.41) is 12.7. The van der Waals surface area contributed by atoms with Crippen LogP contribution < -0.4 is 5.32 Å². The summed E-state index contributed by atoms with van der Waals surface area (Å²) in [5.74, 6) is -3.35. The molecule has 1 atom stereocenters. The molecule has 2 aromatic carbocycles. The number of aromatic carboxylic acids is 1. The van der Waals surface area contributed by atoms with Crippen LogP contribution in [0.1, 0.15) is 32.5 Å². The molecular weight excluding hydrogens is 408 g/mol. The zero-order valence-electron chi connectivity index (χ0n) is 14.1. The van der Waals surface area contributed by atoms with Gasteiger partial charge in [-0.3, -0.25) is 4.79 Å². The molecule has 4 nitrogen and oxygen atoms in total. The molecule has 0 bridgehead atoms. The van der Waals surface area contributed by atoms with Gasteiger partial charge in [-0.2, -0.15) is 0 Å². The fourth-order valence-electron chi connectivity index (χ4n) is 3.39. The highest BCUT2D eigenvalue weighted by Crippen LogP contribution is 2.50. The smallest absolute Gasteiger partial charge is 0.346 e. The van der Waals surface area contributed by atoms with E-state index in [1.165, 1.54) is 36.4 Å². The summed E-state index contributed by atoms with van der Waals surface area (Å²) < 4.78 is 28.2. The first kappa shape index (κ1) is 18.6. The quantitative estimate of drug-likeness (QED) is 0.587. The molecule has 0 saturated carbocycles. The molecule has 1 aromatic heterocycles. The average Bonchev–Trinajstić information content (AvgIpc) is 3.02. The third kappa shape index (κ3) is 3.16. The summed E-state index contributed by atoms with van der Waals surface area (Å²) in [7, 11) is 0. The maximum absolute atomic E-state index is 14.5. The predicted octanol–water partition coefficient (Wildman–Crippen LogP) is 5.52. The van der Waals surface area contributed by atoms with E-state index in [4.69, 9.17) is 11.6 Å². The second kappa shape index (κ2) is 7.00. The predicted molar refractivity (Wildman–Crippen MR) is 103 cm³/mol. The van der Waals surface area contributed by atoms with Gasteiger partial charge in [-0.1, -0.05) is 23.7 Å². The van der Waals surface area contributed by atoms with E-state index in [-0.39, 0.29) is 34.0 Å². The van der Waals surface area contributed by atoms with Crippen molar-refractivity contribution in [3.8, 4) is 11.1 Å². The van der Waals surface area contributed by atoms with E-state index in [1.54, 1.807) is 6.07 Å². The Morgan fingerprint density at radius 3 is 2.71 bits per heavy atom. The van der Waals surface area contributed by atoms with Gasteiger partial charge in [-0.25, -0.2) is 13.6 Å². The number of carboxylic acid groups (broad SMARTS) is 1. The number of hydrogen-bond acceptors (Lipinski definition) is 3. The summed E-state index contributed by atoms with van der Waals surface area (Å²) in [4.78, 5) is 24.7. The van der Waals surface area contributed by atoms with Gasteiger partial charge >= 0.3 is 5.97 Å². The van der Waals surface area contributed by atoms with Crippen LogP contribution >= 0.6 is 22.9 Å². The van der Waals surface area contributed by atoms with E-state index < -0.39 is 23.5 Å². The zero-order chi connectivity index (χ0) is 20.0. The molecule has 1 aliphatic rings. The Bertz CT molecular complexity index is 1130. The number of benzene rings is 2. The second-order valence-corrected chi connectivity index (χ2v) is 7.82. The number of halogens is 3. The first-order chi connectivity index (χ1) is 13.3. The van der Waals surface area contributed by atoms with Gasteiger partial charge in [-0.05, 0) is 41.5 Å². The van der Waals surface area contributed by atoms with Crippen molar-refractivity contribution in [1.29, 1.82) is 0 Å². The molecule has 0 saturated heterocycles. The van der Waals surface area contributed by atoms with Crippen LogP contribution in [0.25, 0.3) is 11.1 Å². The van der Waals surface area contributed by atoms with Gasteiger partial charge in [-0.15, -0.1) is 11.3 Å².